The highest BCUT2D eigenvalue weighted by atomic mass is 28.4. The number of hydrogen-bond acceptors (Lipinski definition) is 2. The third-order valence-electron chi connectivity index (χ3n) is 4.54. The van der Waals surface area contributed by atoms with Crippen LogP contribution in [0.3, 0.4) is 0 Å². The molecule has 1 aliphatic rings. The second-order valence-electron chi connectivity index (χ2n) is 9.12. The third-order valence-corrected chi connectivity index (χ3v) is 17.6. The number of nitrogens with zero attached hydrogens (tertiary/aromatic N) is 2. The van der Waals surface area contributed by atoms with Crippen molar-refractivity contribution in [2.45, 2.75) is 104 Å². The molecule has 0 spiro atoms. The minimum atomic E-state index is -0.672. The van der Waals surface area contributed by atoms with Crippen LogP contribution in [0.1, 0.15) is 69.2 Å². The molecule has 0 aromatic carbocycles. The van der Waals surface area contributed by atoms with E-state index >= 15 is 0 Å². The van der Waals surface area contributed by atoms with Gasteiger partial charge in [0.1, 0.15) is 17.9 Å². The SMILES string of the molecule is CC(C)N([SiH]1C[SiH](N(C(C)C)C(C)(C)C)C1)C(C)(C)C. The number of hydrogen-bond donors (Lipinski definition) is 0. The molecule has 120 valence electrons. The molecule has 0 amide bonds. The van der Waals surface area contributed by atoms with Crippen molar-refractivity contribution in [3.05, 3.63) is 0 Å². The van der Waals surface area contributed by atoms with Gasteiger partial charge in [0.25, 0.3) is 0 Å². The molecule has 1 heterocycles. The van der Waals surface area contributed by atoms with Crippen LogP contribution in [0.15, 0.2) is 0 Å². The van der Waals surface area contributed by atoms with E-state index in [2.05, 4.69) is 78.4 Å². The number of rotatable bonds is 4. The fraction of sp³-hybridized carbons (Fsp3) is 1.00. The van der Waals surface area contributed by atoms with Crippen molar-refractivity contribution in [2.75, 3.05) is 0 Å². The first-order chi connectivity index (χ1) is 8.85. The molecule has 1 rings (SSSR count). The Kier molecular flexibility index (Phi) is 5.73. The summed E-state index contributed by atoms with van der Waals surface area (Å²) in [5, 5.41) is 0. The van der Waals surface area contributed by atoms with Gasteiger partial charge < -0.3 is 9.13 Å². The van der Waals surface area contributed by atoms with Crippen LogP contribution >= 0.6 is 0 Å². The Labute approximate surface area is 131 Å². The smallest absolute Gasteiger partial charge is 0.109 e. The summed E-state index contributed by atoms with van der Waals surface area (Å²) in [5.41, 5.74) is 3.92. The maximum absolute atomic E-state index is 2.89. The van der Waals surface area contributed by atoms with Crippen LogP contribution in [0.25, 0.3) is 0 Å². The minimum absolute atomic E-state index is 0.356. The summed E-state index contributed by atoms with van der Waals surface area (Å²) in [7, 11) is -1.34. The van der Waals surface area contributed by atoms with Gasteiger partial charge in [0.2, 0.25) is 0 Å². The van der Waals surface area contributed by atoms with E-state index < -0.39 is 17.9 Å². The molecule has 0 saturated carbocycles. The van der Waals surface area contributed by atoms with Crippen LogP contribution in [-0.2, 0) is 0 Å². The largest absolute Gasteiger partial charge is 0.320 e. The summed E-state index contributed by atoms with van der Waals surface area (Å²) in [6, 6.07) is 1.42. The molecule has 0 aliphatic carbocycles. The Morgan fingerprint density at radius 3 is 1.05 bits per heavy atom. The lowest BCUT2D eigenvalue weighted by atomic mass is 10.1. The van der Waals surface area contributed by atoms with E-state index in [9.17, 15) is 0 Å². The molecule has 2 nitrogen and oxygen atoms in total. The Hall–Kier alpha value is 0.354. The van der Waals surface area contributed by atoms with Crippen LogP contribution in [0, 0.1) is 0 Å². The summed E-state index contributed by atoms with van der Waals surface area (Å²) in [4.78, 5) is 0. The van der Waals surface area contributed by atoms with Gasteiger partial charge in [-0.3, -0.25) is 0 Å². The molecule has 20 heavy (non-hydrogen) atoms. The molecule has 0 atom stereocenters. The summed E-state index contributed by atoms with van der Waals surface area (Å²) in [5.74, 6) is 0. The van der Waals surface area contributed by atoms with E-state index in [0.717, 1.165) is 0 Å². The topological polar surface area (TPSA) is 6.48 Å². The van der Waals surface area contributed by atoms with Crippen LogP contribution < -0.4 is 0 Å². The Morgan fingerprint density at radius 2 is 0.900 bits per heavy atom. The second-order valence-corrected chi connectivity index (χ2v) is 16.6. The van der Waals surface area contributed by atoms with Crippen molar-refractivity contribution in [3.63, 3.8) is 0 Å². The van der Waals surface area contributed by atoms with E-state index in [0.29, 0.717) is 23.2 Å². The summed E-state index contributed by atoms with van der Waals surface area (Å²) in [6.45, 7) is 24.0. The van der Waals surface area contributed by atoms with Gasteiger partial charge in [0, 0.05) is 11.1 Å². The molecule has 0 N–H and O–H groups in total. The Morgan fingerprint density at radius 1 is 0.650 bits per heavy atom. The van der Waals surface area contributed by atoms with Crippen molar-refractivity contribution < 1.29 is 0 Å². The highest BCUT2D eigenvalue weighted by Crippen LogP contribution is 2.35. The summed E-state index contributed by atoms with van der Waals surface area (Å²) < 4.78 is 5.77. The average molecular weight is 315 g/mol. The van der Waals surface area contributed by atoms with E-state index in [1.165, 1.54) is 0 Å². The monoisotopic (exact) mass is 314 g/mol. The Bertz CT molecular complexity index is 279. The van der Waals surface area contributed by atoms with Gasteiger partial charge in [0.05, 0.1) is 0 Å². The van der Waals surface area contributed by atoms with Crippen LogP contribution in [0.4, 0.5) is 0 Å². The van der Waals surface area contributed by atoms with Gasteiger partial charge in [-0.1, -0.05) is 27.7 Å². The predicted molar refractivity (Wildman–Crippen MR) is 97.4 cm³/mol. The standard InChI is InChI=1S/C16H38N2Si2/c1-13(2)17(15(5,6)7)19-11-20(12-19)18(14(3)4)16(8,9)10/h13-14,19-20H,11-12H2,1-10H3. The van der Waals surface area contributed by atoms with E-state index in [-0.39, 0.29) is 0 Å². The maximum atomic E-state index is 2.89. The zero-order chi connectivity index (χ0) is 15.9. The van der Waals surface area contributed by atoms with Crippen molar-refractivity contribution in [3.8, 4) is 0 Å². The van der Waals surface area contributed by atoms with E-state index in [1.807, 2.05) is 0 Å². The molecule has 0 aromatic heterocycles. The Balaban J connectivity index is 2.73. The first-order valence-corrected chi connectivity index (χ1v) is 12.7. The van der Waals surface area contributed by atoms with Crippen molar-refractivity contribution in [1.29, 1.82) is 0 Å². The molecule has 0 aromatic rings. The van der Waals surface area contributed by atoms with Crippen LogP contribution in [0.5, 0.6) is 0 Å². The van der Waals surface area contributed by atoms with E-state index in [4.69, 9.17) is 0 Å². The zero-order valence-corrected chi connectivity index (χ0v) is 17.9. The van der Waals surface area contributed by atoms with Gasteiger partial charge in [-0.25, -0.2) is 0 Å². The fourth-order valence-electron chi connectivity index (χ4n) is 4.50. The lowest BCUT2D eigenvalue weighted by Gasteiger charge is -2.55. The molecule has 0 bridgehead atoms. The molecule has 1 aliphatic heterocycles. The van der Waals surface area contributed by atoms with E-state index in [1.54, 1.807) is 11.3 Å². The molecule has 1 saturated heterocycles. The van der Waals surface area contributed by atoms with Gasteiger partial charge in [-0.2, -0.15) is 0 Å². The minimum Gasteiger partial charge on any atom is -0.320 e. The summed E-state index contributed by atoms with van der Waals surface area (Å²) in [6.07, 6.45) is 0. The van der Waals surface area contributed by atoms with Gasteiger partial charge in [-0.15, -0.1) is 0 Å². The summed E-state index contributed by atoms with van der Waals surface area (Å²) >= 11 is 0. The maximum Gasteiger partial charge on any atom is 0.109 e. The first kappa shape index (κ1) is 18.4. The average Bonchev–Trinajstić information content (AvgIpc) is 2.07. The molecule has 0 unspecified atom stereocenters. The highest BCUT2D eigenvalue weighted by Gasteiger charge is 2.46. The lowest BCUT2D eigenvalue weighted by Crippen LogP contribution is -2.68. The molecular weight excluding hydrogens is 276 g/mol. The highest BCUT2D eigenvalue weighted by molar-refractivity contribution is 6.92. The van der Waals surface area contributed by atoms with Gasteiger partial charge in [-0.05, 0) is 65.0 Å². The molecule has 1 fully saturated rings. The predicted octanol–water partition coefficient (Wildman–Crippen LogP) is 3.54. The fourth-order valence-corrected chi connectivity index (χ4v) is 16.5. The van der Waals surface area contributed by atoms with Crippen LogP contribution in [0.2, 0.25) is 11.3 Å². The van der Waals surface area contributed by atoms with Gasteiger partial charge in [0.15, 0.2) is 0 Å². The lowest BCUT2D eigenvalue weighted by molar-refractivity contribution is 0.191. The first-order valence-electron chi connectivity index (χ1n) is 8.42. The normalized spacial score (nSPS) is 24.9. The molecule has 4 heteroatoms. The molecule has 0 radical (unpaired) electrons. The third kappa shape index (κ3) is 4.18. The van der Waals surface area contributed by atoms with Gasteiger partial charge >= 0.3 is 0 Å². The van der Waals surface area contributed by atoms with Crippen molar-refractivity contribution in [1.82, 2.24) is 9.13 Å². The quantitative estimate of drug-likeness (QED) is 0.732. The van der Waals surface area contributed by atoms with Crippen molar-refractivity contribution >= 4 is 17.9 Å². The van der Waals surface area contributed by atoms with Crippen molar-refractivity contribution in [2.24, 2.45) is 0 Å². The second kappa shape index (κ2) is 6.23. The zero-order valence-electron chi connectivity index (χ0n) is 15.6. The molecular formula is C16H38N2Si2. The van der Waals surface area contributed by atoms with Crippen LogP contribution in [-0.4, -0.2) is 50.2 Å².